The van der Waals surface area contributed by atoms with Gasteiger partial charge in [-0.3, -0.25) is 0 Å². The Bertz CT molecular complexity index is 200. The van der Waals surface area contributed by atoms with E-state index < -0.39 is 6.37 Å². The third-order valence-corrected chi connectivity index (χ3v) is 3.80. The minimum absolute atomic E-state index is 0.490. The van der Waals surface area contributed by atoms with E-state index in [-0.39, 0.29) is 0 Å². The summed E-state index contributed by atoms with van der Waals surface area (Å²) in [5, 5.41) is 0. The molecule has 0 nitrogen and oxygen atoms in total. The second-order valence-corrected chi connectivity index (χ2v) is 4.55. The molecule has 2 aliphatic rings. The molecule has 0 aromatic rings. The lowest BCUT2D eigenvalue weighted by molar-refractivity contribution is 0.0647. The average Bonchev–Trinajstić information content (AvgIpc) is 2.05. The van der Waals surface area contributed by atoms with Crippen LogP contribution in [0.15, 0.2) is 0 Å². The first-order valence-corrected chi connectivity index (χ1v) is 5.02. The summed E-state index contributed by atoms with van der Waals surface area (Å²) >= 11 is 0. The highest BCUT2D eigenvalue weighted by atomic mass is 14.4. The number of fused-ring (bicyclic) bond motifs is 1. The predicted molar refractivity (Wildman–Crippen MR) is 48.5 cm³/mol. The van der Waals surface area contributed by atoms with E-state index in [0.717, 1.165) is 19.3 Å². The Morgan fingerprint density at radius 1 is 1.18 bits per heavy atom. The first-order valence-electron chi connectivity index (χ1n) is 6.02. The van der Waals surface area contributed by atoms with Crippen LogP contribution >= 0.6 is 0 Å². The topological polar surface area (TPSA) is 0 Å². The van der Waals surface area contributed by atoms with Crippen molar-refractivity contribution in [3.8, 4) is 0 Å². The van der Waals surface area contributed by atoms with E-state index in [1.807, 2.05) is 0 Å². The van der Waals surface area contributed by atoms with Gasteiger partial charge in [-0.15, -0.1) is 0 Å². The first-order chi connectivity index (χ1) is 6.02. The number of hydrogen-bond acceptors (Lipinski definition) is 0. The van der Waals surface area contributed by atoms with Gasteiger partial charge in [0.15, 0.2) is 0 Å². The highest BCUT2D eigenvalue weighted by molar-refractivity contribution is 4.88. The molecule has 0 unspecified atom stereocenters. The quantitative estimate of drug-likeness (QED) is 0.498. The van der Waals surface area contributed by atoms with Gasteiger partial charge in [-0.05, 0) is 37.0 Å². The smallest absolute Gasteiger partial charge is 0.0267 e. The van der Waals surface area contributed by atoms with Gasteiger partial charge in [-0.1, -0.05) is 32.6 Å². The molecule has 2 atom stereocenters. The molecule has 0 aliphatic heterocycles. The Hall–Kier alpha value is 0. The van der Waals surface area contributed by atoms with Gasteiger partial charge in [-0.2, -0.15) is 0 Å². The molecule has 0 aromatic carbocycles. The lowest BCUT2D eigenvalue weighted by atomic mass is 9.61. The third-order valence-electron chi connectivity index (χ3n) is 3.80. The molecular weight excluding hydrogens is 132 g/mol. The molecule has 2 saturated carbocycles. The van der Waals surface area contributed by atoms with Gasteiger partial charge in [0.05, 0.1) is 0 Å². The predicted octanol–water partition coefficient (Wildman–Crippen LogP) is 3.76. The summed E-state index contributed by atoms with van der Waals surface area (Å²) in [6.07, 6.45) is 7.19. The fourth-order valence-electron chi connectivity index (χ4n) is 2.80. The van der Waals surface area contributed by atoms with Crippen LogP contribution < -0.4 is 0 Å². The van der Waals surface area contributed by atoms with E-state index in [1.54, 1.807) is 0 Å². The van der Waals surface area contributed by atoms with Gasteiger partial charge < -0.3 is 0 Å². The molecule has 0 amide bonds. The summed E-state index contributed by atoms with van der Waals surface area (Å²) in [6.45, 7) is 2.38. The van der Waals surface area contributed by atoms with Crippen molar-refractivity contribution in [1.82, 2.24) is 0 Å². The van der Waals surface area contributed by atoms with Gasteiger partial charge >= 0.3 is 0 Å². The summed E-state index contributed by atoms with van der Waals surface area (Å²) in [7, 11) is 0. The van der Waals surface area contributed by atoms with Crippen molar-refractivity contribution < 1.29 is 2.74 Å². The van der Waals surface area contributed by atoms with Gasteiger partial charge in [-0.25, -0.2) is 0 Å². The molecule has 64 valence electrons. The van der Waals surface area contributed by atoms with Gasteiger partial charge in [0.1, 0.15) is 0 Å². The van der Waals surface area contributed by atoms with Crippen LogP contribution in [0.25, 0.3) is 0 Å². The van der Waals surface area contributed by atoms with Crippen LogP contribution in [0.1, 0.15) is 61.0 Å². The van der Waals surface area contributed by atoms with Crippen molar-refractivity contribution >= 4 is 0 Å². The van der Waals surface area contributed by atoms with Crippen molar-refractivity contribution in [3.63, 3.8) is 0 Å². The van der Waals surface area contributed by atoms with Crippen LogP contribution in [-0.2, 0) is 0 Å². The molecular formula is C11H20. The lowest BCUT2D eigenvalue weighted by Gasteiger charge is -2.45. The second-order valence-electron chi connectivity index (χ2n) is 4.55. The Balaban J connectivity index is 2.10. The summed E-state index contributed by atoms with van der Waals surface area (Å²) in [6, 6.07) is 0. The molecule has 0 bridgehead atoms. The minimum Gasteiger partial charge on any atom is -0.0594 e. The Morgan fingerprint density at radius 2 is 2.00 bits per heavy atom. The molecule has 0 heteroatoms. The van der Waals surface area contributed by atoms with Crippen LogP contribution in [0, 0.1) is 11.3 Å². The summed E-state index contributed by atoms with van der Waals surface area (Å²) in [4.78, 5) is 0. The van der Waals surface area contributed by atoms with E-state index >= 15 is 0 Å². The average molecular weight is 154 g/mol. The van der Waals surface area contributed by atoms with Crippen molar-refractivity contribution in [1.29, 1.82) is 0 Å². The number of rotatable bonds is 0. The molecule has 0 aromatic heterocycles. The molecule has 2 aliphatic carbocycles. The van der Waals surface area contributed by atoms with E-state index in [9.17, 15) is 0 Å². The molecule has 0 N–H and O–H groups in total. The maximum atomic E-state index is 7.80. The van der Waals surface area contributed by atoms with E-state index in [2.05, 4.69) is 6.92 Å². The van der Waals surface area contributed by atoms with Crippen molar-refractivity contribution in [3.05, 3.63) is 0 Å². The zero-order valence-electron chi connectivity index (χ0n) is 9.53. The van der Waals surface area contributed by atoms with Crippen LogP contribution in [0.5, 0.6) is 0 Å². The molecule has 2 fully saturated rings. The highest BCUT2D eigenvalue weighted by Crippen LogP contribution is 2.49. The molecule has 0 radical (unpaired) electrons. The summed E-state index contributed by atoms with van der Waals surface area (Å²) in [5.41, 5.74) is 0.490. The molecule has 0 spiro atoms. The van der Waals surface area contributed by atoms with E-state index in [0.29, 0.717) is 11.3 Å². The monoisotopic (exact) mass is 154 g/mol. The third kappa shape index (κ3) is 1.32. The van der Waals surface area contributed by atoms with Crippen molar-refractivity contribution in [2.24, 2.45) is 11.3 Å². The first kappa shape index (κ1) is 5.61. The van der Waals surface area contributed by atoms with Crippen molar-refractivity contribution in [2.45, 2.75) is 58.2 Å². The highest BCUT2D eigenvalue weighted by Gasteiger charge is 2.37. The SMILES string of the molecule is [2H]C1([2H])CC[C@@]2(C)CCCC[C@H]2C1. The molecule has 0 saturated heterocycles. The summed E-state index contributed by atoms with van der Waals surface area (Å²) < 4.78 is 15.6. The van der Waals surface area contributed by atoms with Gasteiger partial charge in [0.2, 0.25) is 0 Å². The maximum Gasteiger partial charge on any atom is 0.0267 e. The van der Waals surface area contributed by atoms with Crippen molar-refractivity contribution in [2.75, 3.05) is 0 Å². The summed E-state index contributed by atoms with van der Waals surface area (Å²) in [5.74, 6) is 0.671. The van der Waals surface area contributed by atoms with Crippen LogP contribution in [0.2, 0.25) is 0 Å². The standard InChI is InChI=1S/C11H20/c1-11-8-4-2-6-10(11)7-3-5-9-11/h10H,2-9H2,1H3/t10-,11+/i2D2/m1/s1. The minimum atomic E-state index is -0.860. The lowest BCUT2D eigenvalue weighted by Crippen LogP contribution is -2.33. The van der Waals surface area contributed by atoms with Gasteiger partial charge in [0.25, 0.3) is 0 Å². The Labute approximate surface area is 73.2 Å². The van der Waals surface area contributed by atoms with Crippen LogP contribution in [0.4, 0.5) is 0 Å². The fraction of sp³-hybridized carbons (Fsp3) is 1.00. The zero-order chi connectivity index (χ0) is 9.53. The largest absolute Gasteiger partial charge is 0.0594 e. The fourth-order valence-corrected chi connectivity index (χ4v) is 2.80. The molecule has 11 heavy (non-hydrogen) atoms. The number of hydrogen-bond donors (Lipinski definition) is 0. The van der Waals surface area contributed by atoms with Gasteiger partial charge in [0, 0.05) is 2.74 Å². The molecule has 2 rings (SSSR count). The van der Waals surface area contributed by atoms with Crippen LogP contribution in [-0.4, -0.2) is 0 Å². The van der Waals surface area contributed by atoms with Crippen LogP contribution in [0.3, 0.4) is 0 Å². The molecule has 0 heterocycles. The van der Waals surface area contributed by atoms with E-state index in [4.69, 9.17) is 2.74 Å². The Morgan fingerprint density at radius 3 is 2.91 bits per heavy atom. The Kier molecular flexibility index (Phi) is 1.43. The second kappa shape index (κ2) is 2.80. The normalized spacial score (nSPS) is 52.3. The van der Waals surface area contributed by atoms with E-state index in [1.165, 1.54) is 25.7 Å². The maximum absolute atomic E-state index is 7.80. The zero-order valence-corrected chi connectivity index (χ0v) is 7.53.